The van der Waals surface area contributed by atoms with Crippen LogP contribution < -0.4 is 4.74 Å². The highest BCUT2D eigenvalue weighted by Gasteiger charge is 2.12. The van der Waals surface area contributed by atoms with Gasteiger partial charge in [-0.2, -0.15) is 0 Å². The second-order valence-corrected chi connectivity index (χ2v) is 4.33. The first kappa shape index (κ1) is 14.0. The third-order valence-electron chi connectivity index (χ3n) is 2.97. The Morgan fingerprint density at radius 2 is 1.88 bits per heavy atom. The minimum absolute atomic E-state index is 0.422. The summed E-state index contributed by atoms with van der Waals surface area (Å²) in [5.41, 5.74) is 3.11. The van der Waals surface area contributed by atoms with Crippen molar-refractivity contribution in [2.24, 2.45) is 0 Å². The fraction of sp³-hybridized carbons (Fsp3) is 0.571. The van der Waals surface area contributed by atoms with E-state index in [1.165, 1.54) is 0 Å². The summed E-state index contributed by atoms with van der Waals surface area (Å²) >= 11 is 0. The van der Waals surface area contributed by atoms with Crippen LogP contribution in [0, 0.1) is 13.8 Å². The molecule has 0 aromatic heterocycles. The Kier molecular flexibility index (Phi) is 5.45. The molecule has 0 radical (unpaired) electrons. The van der Waals surface area contributed by atoms with Gasteiger partial charge in [0, 0.05) is 13.7 Å². The Hall–Kier alpha value is -1.06. The number of aryl methyl sites for hydroxylation is 2. The van der Waals surface area contributed by atoms with Gasteiger partial charge in [-0.3, -0.25) is 0 Å². The van der Waals surface area contributed by atoms with Gasteiger partial charge in [0.15, 0.2) is 0 Å². The number of aliphatic hydroxyl groups excluding tert-OH is 1. The summed E-state index contributed by atoms with van der Waals surface area (Å²) in [6.45, 7) is 4.67. The molecule has 96 valence electrons. The third kappa shape index (κ3) is 3.72. The number of hydrogen-bond acceptors (Lipinski definition) is 3. The van der Waals surface area contributed by atoms with E-state index in [-0.39, 0.29) is 0 Å². The zero-order valence-corrected chi connectivity index (χ0v) is 11.1. The van der Waals surface area contributed by atoms with Crippen molar-refractivity contribution in [1.29, 1.82) is 0 Å². The molecule has 0 heterocycles. The number of benzene rings is 1. The molecule has 0 saturated heterocycles. The van der Waals surface area contributed by atoms with E-state index in [1.807, 2.05) is 26.0 Å². The van der Waals surface area contributed by atoms with Gasteiger partial charge in [0.1, 0.15) is 5.75 Å². The number of methoxy groups -OCH3 is 2. The van der Waals surface area contributed by atoms with Crippen molar-refractivity contribution in [3.05, 3.63) is 28.8 Å². The summed E-state index contributed by atoms with van der Waals surface area (Å²) in [6.07, 6.45) is 1.16. The van der Waals surface area contributed by atoms with Gasteiger partial charge >= 0.3 is 0 Å². The quantitative estimate of drug-likeness (QED) is 0.774. The molecule has 1 aromatic rings. The van der Waals surface area contributed by atoms with Crippen LogP contribution in [-0.2, 0) is 4.74 Å². The molecule has 0 aliphatic carbocycles. The van der Waals surface area contributed by atoms with E-state index < -0.39 is 6.10 Å². The molecule has 0 saturated carbocycles. The molecule has 1 N–H and O–H groups in total. The first-order valence-electron chi connectivity index (χ1n) is 5.92. The number of ether oxygens (including phenoxy) is 2. The third-order valence-corrected chi connectivity index (χ3v) is 2.97. The fourth-order valence-corrected chi connectivity index (χ4v) is 1.97. The van der Waals surface area contributed by atoms with E-state index in [9.17, 15) is 5.11 Å². The van der Waals surface area contributed by atoms with Gasteiger partial charge in [-0.1, -0.05) is 0 Å². The molecule has 3 heteroatoms. The molecular formula is C14H22O3. The van der Waals surface area contributed by atoms with Crippen LogP contribution in [0.25, 0.3) is 0 Å². The van der Waals surface area contributed by atoms with Crippen molar-refractivity contribution in [3.8, 4) is 5.75 Å². The summed E-state index contributed by atoms with van der Waals surface area (Å²) in [4.78, 5) is 0. The lowest BCUT2D eigenvalue weighted by molar-refractivity contribution is 0.135. The molecule has 1 rings (SSSR count). The van der Waals surface area contributed by atoms with Crippen LogP contribution in [0.5, 0.6) is 5.75 Å². The maximum atomic E-state index is 10.1. The van der Waals surface area contributed by atoms with Crippen molar-refractivity contribution >= 4 is 0 Å². The summed E-state index contributed by atoms with van der Waals surface area (Å²) in [5.74, 6) is 0.871. The van der Waals surface area contributed by atoms with Crippen LogP contribution in [0.15, 0.2) is 12.1 Å². The van der Waals surface area contributed by atoms with Crippen molar-refractivity contribution in [1.82, 2.24) is 0 Å². The maximum absolute atomic E-state index is 10.1. The van der Waals surface area contributed by atoms with Crippen molar-refractivity contribution in [2.75, 3.05) is 20.8 Å². The van der Waals surface area contributed by atoms with E-state index in [0.29, 0.717) is 6.61 Å². The molecule has 0 bridgehead atoms. The first-order valence-corrected chi connectivity index (χ1v) is 5.92. The largest absolute Gasteiger partial charge is 0.496 e. The fourth-order valence-electron chi connectivity index (χ4n) is 1.97. The number of aliphatic hydroxyl groups is 1. The van der Waals surface area contributed by atoms with Gasteiger partial charge in [0.25, 0.3) is 0 Å². The zero-order chi connectivity index (χ0) is 12.8. The average molecular weight is 238 g/mol. The Balaban J connectivity index is 2.79. The van der Waals surface area contributed by atoms with Crippen LogP contribution in [-0.4, -0.2) is 25.9 Å². The van der Waals surface area contributed by atoms with Gasteiger partial charge in [-0.05, 0) is 55.5 Å². The van der Waals surface area contributed by atoms with Crippen LogP contribution in [0.4, 0.5) is 0 Å². The SMILES string of the molecule is COCCCC(O)c1cc(C)c(OC)cc1C. The molecule has 0 amide bonds. The van der Waals surface area contributed by atoms with Gasteiger partial charge in [-0.15, -0.1) is 0 Å². The van der Waals surface area contributed by atoms with Gasteiger partial charge in [0.2, 0.25) is 0 Å². The van der Waals surface area contributed by atoms with Gasteiger partial charge in [-0.25, -0.2) is 0 Å². The molecular weight excluding hydrogens is 216 g/mol. The second-order valence-electron chi connectivity index (χ2n) is 4.33. The normalized spacial score (nSPS) is 12.5. The minimum Gasteiger partial charge on any atom is -0.496 e. The molecule has 17 heavy (non-hydrogen) atoms. The first-order chi connectivity index (χ1) is 8.10. The minimum atomic E-state index is -0.422. The molecule has 1 atom stereocenters. The Morgan fingerprint density at radius 3 is 2.47 bits per heavy atom. The lowest BCUT2D eigenvalue weighted by atomic mass is 9.97. The lowest BCUT2D eigenvalue weighted by Gasteiger charge is -2.16. The zero-order valence-electron chi connectivity index (χ0n) is 11.1. The number of hydrogen-bond donors (Lipinski definition) is 1. The van der Waals surface area contributed by atoms with E-state index in [0.717, 1.165) is 35.3 Å². The van der Waals surface area contributed by atoms with E-state index in [4.69, 9.17) is 9.47 Å². The van der Waals surface area contributed by atoms with Crippen LogP contribution in [0.3, 0.4) is 0 Å². The molecule has 0 fully saturated rings. The highest BCUT2D eigenvalue weighted by molar-refractivity contribution is 5.42. The predicted octanol–water partition coefficient (Wildman–Crippen LogP) is 2.77. The standard InChI is InChI=1S/C14H22O3/c1-10-9-14(17-4)11(2)8-12(10)13(15)6-5-7-16-3/h8-9,13,15H,5-7H2,1-4H3. The van der Waals surface area contributed by atoms with Gasteiger partial charge < -0.3 is 14.6 Å². The Bertz CT molecular complexity index is 361. The Morgan fingerprint density at radius 1 is 1.18 bits per heavy atom. The van der Waals surface area contributed by atoms with Gasteiger partial charge in [0.05, 0.1) is 13.2 Å². The average Bonchev–Trinajstić information content (AvgIpc) is 2.31. The molecule has 0 aliphatic heterocycles. The van der Waals surface area contributed by atoms with E-state index in [1.54, 1.807) is 14.2 Å². The molecule has 1 unspecified atom stereocenters. The summed E-state index contributed by atoms with van der Waals surface area (Å²) in [7, 11) is 3.34. The summed E-state index contributed by atoms with van der Waals surface area (Å²) < 4.78 is 10.2. The second kappa shape index (κ2) is 6.62. The van der Waals surface area contributed by atoms with Crippen LogP contribution in [0.1, 0.15) is 35.6 Å². The van der Waals surface area contributed by atoms with Crippen molar-refractivity contribution in [2.45, 2.75) is 32.8 Å². The topological polar surface area (TPSA) is 38.7 Å². The number of rotatable bonds is 6. The van der Waals surface area contributed by atoms with E-state index in [2.05, 4.69) is 0 Å². The van der Waals surface area contributed by atoms with Crippen molar-refractivity contribution in [3.63, 3.8) is 0 Å². The monoisotopic (exact) mass is 238 g/mol. The molecule has 0 spiro atoms. The van der Waals surface area contributed by atoms with Crippen LogP contribution in [0.2, 0.25) is 0 Å². The Labute approximate surface area is 103 Å². The molecule has 0 aliphatic rings. The van der Waals surface area contributed by atoms with Crippen LogP contribution >= 0.6 is 0 Å². The highest BCUT2D eigenvalue weighted by atomic mass is 16.5. The van der Waals surface area contributed by atoms with E-state index >= 15 is 0 Å². The molecule has 3 nitrogen and oxygen atoms in total. The van der Waals surface area contributed by atoms with Crippen molar-refractivity contribution < 1.29 is 14.6 Å². The smallest absolute Gasteiger partial charge is 0.122 e. The summed E-state index contributed by atoms with van der Waals surface area (Å²) in [6, 6.07) is 3.98. The predicted molar refractivity (Wildman–Crippen MR) is 68.5 cm³/mol. The lowest BCUT2D eigenvalue weighted by Crippen LogP contribution is -2.03. The molecule has 1 aromatic carbocycles. The maximum Gasteiger partial charge on any atom is 0.122 e. The summed E-state index contributed by atoms with van der Waals surface area (Å²) in [5, 5.41) is 10.1. The highest BCUT2D eigenvalue weighted by Crippen LogP contribution is 2.28.